The van der Waals surface area contributed by atoms with Crippen LogP contribution in [0.1, 0.15) is 26.5 Å². The minimum atomic E-state index is -0.507. The summed E-state index contributed by atoms with van der Waals surface area (Å²) in [6.45, 7) is 5.60. The van der Waals surface area contributed by atoms with E-state index in [1.807, 2.05) is 0 Å². The fourth-order valence-corrected chi connectivity index (χ4v) is 1.09. The molecule has 96 valence electrons. The van der Waals surface area contributed by atoms with Gasteiger partial charge in [0.25, 0.3) is 0 Å². The van der Waals surface area contributed by atoms with Crippen molar-refractivity contribution >= 4 is 11.9 Å². The van der Waals surface area contributed by atoms with Crippen LogP contribution in [-0.2, 0) is 4.74 Å². The van der Waals surface area contributed by atoms with Crippen LogP contribution in [0.3, 0.4) is 0 Å². The molecule has 1 aromatic heterocycles. The van der Waals surface area contributed by atoms with E-state index in [2.05, 4.69) is 22.1 Å². The van der Waals surface area contributed by atoms with E-state index < -0.39 is 11.7 Å². The first kappa shape index (κ1) is 13.8. The Balaban J connectivity index is 2.41. The van der Waals surface area contributed by atoms with Crippen LogP contribution in [0.5, 0.6) is 0 Å². The molecule has 18 heavy (non-hydrogen) atoms. The molecule has 1 rings (SSSR count). The lowest BCUT2D eigenvalue weighted by Crippen LogP contribution is -2.32. The first-order valence-electron chi connectivity index (χ1n) is 5.55. The molecule has 0 saturated carbocycles. The first-order valence-corrected chi connectivity index (χ1v) is 5.55. The van der Waals surface area contributed by atoms with Gasteiger partial charge in [0.1, 0.15) is 17.1 Å². The van der Waals surface area contributed by atoms with E-state index in [4.69, 9.17) is 10.5 Å². The summed E-state index contributed by atoms with van der Waals surface area (Å²) in [5.74, 6) is 5.98. The third-order valence-corrected chi connectivity index (χ3v) is 1.71. The van der Waals surface area contributed by atoms with Gasteiger partial charge in [0.2, 0.25) is 0 Å². The van der Waals surface area contributed by atoms with Crippen LogP contribution in [0.2, 0.25) is 0 Å². The number of nitrogen functional groups attached to an aromatic ring is 1. The molecule has 0 fully saturated rings. The standard InChI is InChI=1S/C13H17N3O2/c1-13(2,3)18-12(17)15-9-5-7-10-6-4-8-11(14)16-10/h4,6,8H,9H2,1-3H3,(H2,14,16)(H,15,17). The van der Waals surface area contributed by atoms with E-state index in [1.54, 1.807) is 39.0 Å². The Hall–Kier alpha value is -2.22. The zero-order valence-corrected chi connectivity index (χ0v) is 10.8. The SMILES string of the molecule is CC(C)(C)OC(=O)NCC#Cc1cccc(N)n1. The van der Waals surface area contributed by atoms with E-state index >= 15 is 0 Å². The van der Waals surface area contributed by atoms with Crippen LogP contribution >= 0.6 is 0 Å². The Labute approximate surface area is 107 Å². The van der Waals surface area contributed by atoms with Gasteiger partial charge in [-0.3, -0.25) is 0 Å². The summed E-state index contributed by atoms with van der Waals surface area (Å²) >= 11 is 0. The molecular weight excluding hydrogens is 230 g/mol. The Morgan fingerprint density at radius 1 is 1.50 bits per heavy atom. The lowest BCUT2D eigenvalue weighted by atomic mass is 10.2. The second kappa shape index (κ2) is 5.92. The van der Waals surface area contributed by atoms with E-state index in [1.165, 1.54) is 0 Å². The van der Waals surface area contributed by atoms with Gasteiger partial charge in [-0.15, -0.1) is 0 Å². The molecule has 0 saturated heterocycles. The molecule has 0 spiro atoms. The lowest BCUT2D eigenvalue weighted by Gasteiger charge is -2.18. The molecule has 1 amide bonds. The van der Waals surface area contributed by atoms with Crippen LogP contribution in [-0.4, -0.2) is 23.2 Å². The van der Waals surface area contributed by atoms with Crippen molar-refractivity contribution in [2.45, 2.75) is 26.4 Å². The molecule has 0 unspecified atom stereocenters. The molecule has 5 heteroatoms. The summed E-state index contributed by atoms with van der Waals surface area (Å²) in [7, 11) is 0. The van der Waals surface area contributed by atoms with Gasteiger partial charge in [-0.1, -0.05) is 12.0 Å². The van der Waals surface area contributed by atoms with E-state index in [0.29, 0.717) is 11.5 Å². The van der Waals surface area contributed by atoms with Crippen molar-refractivity contribution in [3.63, 3.8) is 0 Å². The highest BCUT2D eigenvalue weighted by Crippen LogP contribution is 2.06. The summed E-state index contributed by atoms with van der Waals surface area (Å²) in [6.07, 6.45) is -0.489. The number of rotatable bonds is 1. The summed E-state index contributed by atoms with van der Waals surface area (Å²) in [5, 5.41) is 2.53. The monoisotopic (exact) mass is 247 g/mol. The van der Waals surface area contributed by atoms with E-state index in [9.17, 15) is 4.79 Å². The maximum atomic E-state index is 11.3. The average Bonchev–Trinajstić information content (AvgIpc) is 2.22. The van der Waals surface area contributed by atoms with Crippen molar-refractivity contribution in [2.24, 2.45) is 0 Å². The van der Waals surface area contributed by atoms with Crippen LogP contribution in [0.15, 0.2) is 18.2 Å². The summed E-state index contributed by atoms with van der Waals surface area (Å²) in [6, 6.07) is 5.20. The van der Waals surface area contributed by atoms with Gasteiger partial charge in [-0.05, 0) is 38.8 Å². The third kappa shape index (κ3) is 5.75. The number of anilines is 1. The molecule has 0 atom stereocenters. The van der Waals surface area contributed by atoms with Crippen LogP contribution < -0.4 is 11.1 Å². The number of pyridine rings is 1. The molecule has 1 heterocycles. The van der Waals surface area contributed by atoms with Crippen LogP contribution in [0.4, 0.5) is 10.6 Å². The Kier molecular flexibility index (Phi) is 4.55. The first-order chi connectivity index (χ1) is 8.37. The fraction of sp³-hybridized carbons (Fsp3) is 0.385. The van der Waals surface area contributed by atoms with Crippen molar-refractivity contribution in [3.05, 3.63) is 23.9 Å². The topological polar surface area (TPSA) is 77.2 Å². The predicted octanol–water partition coefficient (Wildman–Crippen LogP) is 1.54. The Morgan fingerprint density at radius 2 is 2.22 bits per heavy atom. The minimum absolute atomic E-state index is 0.200. The highest BCUT2D eigenvalue weighted by molar-refractivity contribution is 5.68. The molecule has 0 radical (unpaired) electrons. The number of amides is 1. The third-order valence-electron chi connectivity index (χ3n) is 1.71. The number of alkyl carbamates (subject to hydrolysis) is 1. The van der Waals surface area contributed by atoms with Crippen molar-refractivity contribution in [2.75, 3.05) is 12.3 Å². The van der Waals surface area contributed by atoms with Crippen molar-refractivity contribution < 1.29 is 9.53 Å². The second-order valence-electron chi connectivity index (χ2n) is 4.60. The van der Waals surface area contributed by atoms with Gasteiger partial charge in [0, 0.05) is 0 Å². The van der Waals surface area contributed by atoms with Crippen molar-refractivity contribution in [3.8, 4) is 11.8 Å². The van der Waals surface area contributed by atoms with E-state index in [0.717, 1.165) is 0 Å². The number of carbonyl (C=O) groups is 1. The van der Waals surface area contributed by atoms with Gasteiger partial charge >= 0.3 is 6.09 Å². The maximum Gasteiger partial charge on any atom is 0.408 e. The number of ether oxygens (including phenoxy) is 1. The zero-order chi connectivity index (χ0) is 13.6. The molecule has 0 bridgehead atoms. The summed E-state index contributed by atoms with van der Waals surface area (Å²) in [5.41, 5.74) is 5.58. The predicted molar refractivity (Wildman–Crippen MR) is 69.8 cm³/mol. The number of aromatic nitrogens is 1. The number of hydrogen-bond acceptors (Lipinski definition) is 4. The fourth-order valence-electron chi connectivity index (χ4n) is 1.09. The smallest absolute Gasteiger partial charge is 0.408 e. The summed E-state index contributed by atoms with van der Waals surface area (Å²) < 4.78 is 5.06. The van der Waals surface area contributed by atoms with Gasteiger partial charge in [-0.25, -0.2) is 9.78 Å². The van der Waals surface area contributed by atoms with Gasteiger partial charge in [0.15, 0.2) is 0 Å². The van der Waals surface area contributed by atoms with Crippen molar-refractivity contribution in [1.82, 2.24) is 10.3 Å². The maximum absolute atomic E-state index is 11.3. The Bertz CT molecular complexity index is 481. The summed E-state index contributed by atoms with van der Waals surface area (Å²) in [4.78, 5) is 15.3. The van der Waals surface area contributed by atoms with Crippen LogP contribution in [0, 0.1) is 11.8 Å². The highest BCUT2D eigenvalue weighted by Gasteiger charge is 2.14. The number of nitrogens with one attached hydrogen (secondary N) is 1. The molecule has 0 aromatic carbocycles. The number of hydrogen-bond donors (Lipinski definition) is 2. The zero-order valence-electron chi connectivity index (χ0n) is 10.8. The quantitative estimate of drug-likeness (QED) is 0.738. The minimum Gasteiger partial charge on any atom is -0.444 e. The number of carbonyl (C=O) groups excluding carboxylic acids is 1. The molecular formula is C13H17N3O2. The van der Waals surface area contributed by atoms with Gasteiger partial charge < -0.3 is 15.8 Å². The van der Waals surface area contributed by atoms with Crippen molar-refractivity contribution in [1.29, 1.82) is 0 Å². The molecule has 0 aliphatic carbocycles. The average molecular weight is 247 g/mol. The number of nitrogens with two attached hydrogens (primary N) is 1. The molecule has 0 aliphatic rings. The largest absolute Gasteiger partial charge is 0.444 e. The molecule has 3 N–H and O–H groups in total. The number of nitrogens with zero attached hydrogens (tertiary/aromatic N) is 1. The van der Waals surface area contributed by atoms with E-state index in [-0.39, 0.29) is 6.54 Å². The lowest BCUT2D eigenvalue weighted by molar-refractivity contribution is 0.0535. The second-order valence-corrected chi connectivity index (χ2v) is 4.60. The van der Waals surface area contributed by atoms with Gasteiger partial charge in [0.05, 0.1) is 6.54 Å². The van der Waals surface area contributed by atoms with Crippen LogP contribution in [0.25, 0.3) is 0 Å². The molecule has 5 nitrogen and oxygen atoms in total. The highest BCUT2D eigenvalue weighted by atomic mass is 16.6. The molecule has 0 aliphatic heterocycles. The Morgan fingerprint density at radius 3 is 2.83 bits per heavy atom. The van der Waals surface area contributed by atoms with Gasteiger partial charge in [-0.2, -0.15) is 0 Å². The normalized spacial score (nSPS) is 10.2. The molecule has 1 aromatic rings.